The SMILES string of the molecule is CS(=O)(=O)OC1Cc2c3c(cc(CO)c2C1N=[N+]=[N-])C(=O)C=CC3=O.NC(=O)O. The summed E-state index contributed by atoms with van der Waals surface area (Å²) in [6.45, 7) is -0.468. The predicted molar refractivity (Wildman–Crippen MR) is 97.7 cm³/mol. The highest BCUT2D eigenvalue weighted by Gasteiger charge is 2.41. The van der Waals surface area contributed by atoms with Gasteiger partial charge in [0.25, 0.3) is 10.1 Å². The van der Waals surface area contributed by atoms with Crippen molar-refractivity contribution in [2.24, 2.45) is 10.8 Å². The first kappa shape index (κ1) is 22.0. The van der Waals surface area contributed by atoms with E-state index in [0.29, 0.717) is 16.7 Å². The van der Waals surface area contributed by atoms with Crippen molar-refractivity contribution in [2.45, 2.75) is 25.2 Å². The molecule has 12 nitrogen and oxygen atoms in total. The average molecular weight is 424 g/mol. The van der Waals surface area contributed by atoms with E-state index in [9.17, 15) is 23.1 Å². The van der Waals surface area contributed by atoms with E-state index < -0.39 is 40.7 Å². The largest absolute Gasteiger partial charge is 0.465 e. The van der Waals surface area contributed by atoms with Crippen molar-refractivity contribution in [3.63, 3.8) is 0 Å². The van der Waals surface area contributed by atoms with Crippen LogP contribution in [0.25, 0.3) is 10.4 Å². The molecule has 0 radical (unpaired) electrons. The van der Waals surface area contributed by atoms with E-state index in [0.717, 1.165) is 18.4 Å². The number of fused-ring (bicyclic) bond motifs is 3. The number of rotatable bonds is 4. The lowest BCUT2D eigenvalue weighted by atomic mass is 9.86. The number of nitrogens with zero attached hydrogens (tertiary/aromatic N) is 3. The van der Waals surface area contributed by atoms with Gasteiger partial charge in [-0.05, 0) is 40.4 Å². The van der Waals surface area contributed by atoms with Crippen LogP contribution in [0.15, 0.2) is 23.3 Å². The van der Waals surface area contributed by atoms with Crippen molar-refractivity contribution in [3.8, 4) is 0 Å². The molecule has 13 heteroatoms. The number of hydrogen-bond acceptors (Lipinski definition) is 8. The second-order valence-electron chi connectivity index (χ2n) is 6.10. The number of amides is 1. The first-order valence-corrected chi connectivity index (χ1v) is 9.78. The Kier molecular flexibility index (Phi) is 6.39. The normalized spacial score (nSPS) is 19.5. The fourth-order valence-electron chi connectivity index (χ4n) is 3.32. The topological polar surface area (TPSA) is 210 Å². The zero-order valence-corrected chi connectivity index (χ0v) is 15.8. The molecular weight excluding hydrogens is 408 g/mol. The summed E-state index contributed by atoms with van der Waals surface area (Å²) < 4.78 is 28.0. The number of carboxylic acid groups (broad SMARTS) is 1. The summed E-state index contributed by atoms with van der Waals surface area (Å²) in [5, 5.41) is 20.4. The summed E-state index contributed by atoms with van der Waals surface area (Å²) in [5.74, 6) is -0.796. The second kappa shape index (κ2) is 8.41. The van der Waals surface area contributed by atoms with Crippen LogP contribution >= 0.6 is 0 Å². The van der Waals surface area contributed by atoms with Crippen LogP contribution in [-0.2, 0) is 27.3 Å². The van der Waals surface area contributed by atoms with Gasteiger partial charge in [0.05, 0.1) is 25.0 Å². The number of benzene rings is 1. The second-order valence-corrected chi connectivity index (χ2v) is 7.70. The van der Waals surface area contributed by atoms with Gasteiger partial charge < -0.3 is 15.9 Å². The maximum Gasteiger partial charge on any atom is 0.402 e. The minimum absolute atomic E-state index is 0.0326. The summed E-state index contributed by atoms with van der Waals surface area (Å²) in [7, 11) is -3.85. The summed E-state index contributed by atoms with van der Waals surface area (Å²) in [6, 6.07) is 0.344. The van der Waals surface area contributed by atoms with E-state index in [1.54, 1.807) is 0 Å². The molecule has 2 aliphatic carbocycles. The number of nitrogens with two attached hydrogens (primary N) is 1. The molecule has 0 bridgehead atoms. The molecule has 0 aromatic heterocycles. The third kappa shape index (κ3) is 4.78. The zero-order chi connectivity index (χ0) is 21.9. The molecule has 0 saturated heterocycles. The van der Waals surface area contributed by atoms with Crippen LogP contribution in [0.3, 0.4) is 0 Å². The molecule has 2 atom stereocenters. The number of aliphatic hydroxyl groups is 1. The molecule has 0 fully saturated rings. The number of azide groups is 1. The van der Waals surface area contributed by atoms with Gasteiger partial charge in [-0.3, -0.25) is 13.8 Å². The maximum absolute atomic E-state index is 12.3. The average Bonchev–Trinajstić information content (AvgIpc) is 2.93. The van der Waals surface area contributed by atoms with Gasteiger partial charge in [0.15, 0.2) is 11.6 Å². The van der Waals surface area contributed by atoms with E-state index in [4.69, 9.17) is 19.6 Å². The van der Waals surface area contributed by atoms with Gasteiger partial charge in [0.2, 0.25) is 0 Å². The van der Waals surface area contributed by atoms with Crippen LogP contribution in [0.2, 0.25) is 0 Å². The highest BCUT2D eigenvalue weighted by molar-refractivity contribution is 7.86. The Hall–Kier alpha value is -3.25. The molecule has 29 heavy (non-hydrogen) atoms. The molecule has 0 aliphatic heterocycles. The quantitative estimate of drug-likeness (QED) is 0.274. The van der Waals surface area contributed by atoms with Crippen molar-refractivity contribution >= 4 is 27.8 Å². The number of primary amides is 1. The molecule has 4 N–H and O–H groups in total. The summed E-state index contributed by atoms with van der Waals surface area (Å²) in [6.07, 6.45) is 0.726. The van der Waals surface area contributed by atoms with E-state index in [1.807, 2.05) is 0 Å². The molecule has 1 aromatic rings. The highest BCUT2D eigenvalue weighted by Crippen LogP contribution is 2.43. The third-order valence-corrected chi connectivity index (χ3v) is 4.75. The Morgan fingerprint density at radius 2 is 1.97 bits per heavy atom. The van der Waals surface area contributed by atoms with Gasteiger partial charge in [-0.1, -0.05) is 5.11 Å². The number of carbonyl (C=O) groups is 3. The highest BCUT2D eigenvalue weighted by atomic mass is 32.2. The predicted octanol–water partition coefficient (Wildman–Crippen LogP) is 0.990. The molecule has 1 aromatic carbocycles. The van der Waals surface area contributed by atoms with E-state index in [-0.39, 0.29) is 23.3 Å². The van der Waals surface area contributed by atoms with Gasteiger partial charge in [0.1, 0.15) is 0 Å². The zero-order valence-electron chi connectivity index (χ0n) is 15.0. The van der Waals surface area contributed by atoms with Crippen LogP contribution in [0.5, 0.6) is 0 Å². The van der Waals surface area contributed by atoms with Crippen molar-refractivity contribution in [1.82, 2.24) is 0 Å². The molecule has 2 aliphatic rings. The molecule has 0 heterocycles. The minimum atomic E-state index is -3.85. The van der Waals surface area contributed by atoms with E-state index >= 15 is 0 Å². The molecule has 2 unspecified atom stereocenters. The van der Waals surface area contributed by atoms with Crippen molar-refractivity contribution in [1.29, 1.82) is 0 Å². The lowest BCUT2D eigenvalue weighted by Gasteiger charge is -2.18. The van der Waals surface area contributed by atoms with E-state index in [1.165, 1.54) is 6.07 Å². The molecule has 0 saturated carbocycles. The smallest absolute Gasteiger partial charge is 0.402 e. The number of aliphatic hydroxyl groups excluding tert-OH is 1. The Balaban J connectivity index is 0.000000687. The minimum Gasteiger partial charge on any atom is -0.465 e. The van der Waals surface area contributed by atoms with Gasteiger partial charge in [-0.25, -0.2) is 4.79 Å². The Bertz CT molecular complexity index is 1070. The fraction of sp³-hybridized carbons (Fsp3) is 0.312. The van der Waals surface area contributed by atoms with Gasteiger partial charge in [-0.2, -0.15) is 8.42 Å². The maximum atomic E-state index is 12.3. The first-order valence-electron chi connectivity index (χ1n) is 7.97. The molecule has 154 valence electrons. The van der Waals surface area contributed by atoms with Gasteiger partial charge in [0, 0.05) is 22.5 Å². The van der Waals surface area contributed by atoms with E-state index in [2.05, 4.69) is 15.8 Å². The monoisotopic (exact) mass is 424 g/mol. The summed E-state index contributed by atoms with van der Waals surface area (Å²) >= 11 is 0. The molecule has 1 amide bonds. The summed E-state index contributed by atoms with van der Waals surface area (Å²) in [4.78, 5) is 35.9. The number of carbonyl (C=O) groups excluding carboxylic acids is 2. The van der Waals surface area contributed by atoms with Crippen LogP contribution in [0.4, 0.5) is 4.79 Å². The number of allylic oxidation sites excluding steroid dienone is 2. The molecular formula is C16H16N4O8S. The molecule has 0 spiro atoms. The van der Waals surface area contributed by atoms with Crippen LogP contribution in [0.1, 0.15) is 43.4 Å². The Morgan fingerprint density at radius 3 is 2.48 bits per heavy atom. The standard InChI is InChI=1S/C15H13N3O6S.CH3NO2/c1-25(22,23)24-12-5-9-13(15(12)17-18-16)7(6-19)4-8-10(20)2-3-11(21)14(8)9;2-1(3)4/h2-4,12,15,19H,5-6H2,1H3;2H2,(H,3,4). The Morgan fingerprint density at radius 1 is 1.38 bits per heavy atom. The van der Waals surface area contributed by atoms with Gasteiger partial charge in [-0.15, -0.1) is 0 Å². The summed E-state index contributed by atoms with van der Waals surface area (Å²) in [5.41, 5.74) is 14.1. The fourth-order valence-corrected chi connectivity index (χ4v) is 3.95. The number of hydrogen-bond donors (Lipinski definition) is 3. The van der Waals surface area contributed by atoms with Crippen LogP contribution < -0.4 is 5.73 Å². The van der Waals surface area contributed by atoms with Crippen LogP contribution in [0, 0.1) is 0 Å². The lowest BCUT2D eigenvalue weighted by molar-refractivity contribution is 0.0993. The first-order chi connectivity index (χ1) is 13.5. The van der Waals surface area contributed by atoms with Crippen molar-refractivity contribution in [3.05, 3.63) is 56.5 Å². The van der Waals surface area contributed by atoms with Crippen molar-refractivity contribution < 1.29 is 37.2 Å². The lowest BCUT2D eigenvalue weighted by Crippen LogP contribution is -2.21. The van der Waals surface area contributed by atoms with Crippen LogP contribution in [-0.4, -0.2) is 48.7 Å². The third-order valence-electron chi connectivity index (χ3n) is 4.16. The Labute approximate surface area is 164 Å². The van der Waals surface area contributed by atoms with Gasteiger partial charge >= 0.3 is 6.09 Å². The van der Waals surface area contributed by atoms with Crippen molar-refractivity contribution in [2.75, 3.05) is 6.26 Å². The molecule has 3 rings (SSSR count). The number of ketones is 2.